The third-order valence-electron chi connectivity index (χ3n) is 6.17. The Morgan fingerprint density at radius 3 is 2.61 bits per heavy atom. The summed E-state index contributed by atoms with van der Waals surface area (Å²) in [6.07, 6.45) is 1.06. The fraction of sp³-hybridized carbons (Fsp3) is 0.214. The van der Waals surface area contributed by atoms with Gasteiger partial charge in [-0.2, -0.15) is 0 Å². The number of anilines is 1. The van der Waals surface area contributed by atoms with Crippen LogP contribution in [0.25, 0.3) is 0 Å². The zero-order valence-electron chi connectivity index (χ0n) is 19.9. The number of amides is 2. The lowest BCUT2D eigenvalue weighted by molar-refractivity contribution is -0.124. The monoisotopic (exact) mass is 516 g/mol. The van der Waals surface area contributed by atoms with Crippen molar-refractivity contribution in [3.05, 3.63) is 94.5 Å². The number of thioether (sulfide) groups is 1. The van der Waals surface area contributed by atoms with E-state index in [9.17, 15) is 9.59 Å². The maximum atomic E-state index is 13.6. The molecule has 182 valence electrons. The molecule has 3 aromatic carbocycles. The standard InChI is InChI=1S/C28H25ClN4O2S/c1-3-24(26(34)30-19-14-13-17(2)21(29)16-19)36-28-32-22-12-8-7-11-20(22)25-31-23(27(35)33(25)28)15-18-9-5-4-6-10-18/h4-14,16,23-24H,3,15H2,1-2H3,(H,30,34). The first-order valence-electron chi connectivity index (χ1n) is 11.8. The second-order valence-electron chi connectivity index (χ2n) is 8.71. The van der Waals surface area contributed by atoms with Gasteiger partial charge in [0.1, 0.15) is 11.9 Å². The molecule has 0 saturated carbocycles. The number of halogens is 1. The van der Waals surface area contributed by atoms with Crippen molar-refractivity contribution >= 4 is 57.6 Å². The summed E-state index contributed by atoms with van der Waals surface area (Å²) in [6, 6.07) is 22.4. The van der Waals surface area contributed by atoms with Crippen LogP contribution in [0.3, 0.4) is 0 Å². The van der Waals surface area contributed by atoms with E-state index in [0.29, 0.717) is 34.6 Å². The molecule has 5 rings (SSSR count). The number of carbonyl (C=O) groups is 2. The number of nitrogens with zero attached hydrogens (tertiary/aromatic N) is 3. The summed E-state index contributed by atoms with van der Waals surface area (Å²) in [5, 5.41) is 3.55. The summed E-state index contributed by atoms with van der Waals surface area (Å²) in [5.41, 5.74) is 4.17. The van der Waals surface area contributed by atoms with Gasteiger partial charge in [-0.05, 0) is 48.7 Å². The van der Waals surface area contributed by atoms with Gasteiger partial charge >= 0.3 is 0 Å². The first kappa shape index (κ1) is 24.3. The Kier molecular flexibility index (Phi) is 6.94. The topological polar surface area (TPSA) is 74.1 Å². The molecule has 8 heteroatoms. The number of benzene rings is 3. The molecule has 2 atom stereocenters. The summed E-state index contributed by atoms with van der Waals surface area (Å²) in [6.45, 7) is 3.85. The number of amidine groups is 2. The molecule has 2 amide bonds. The van der Waals surface area contributed by atoms with E-state index in [1.165, 1.54) is 11.8 Å². The average Bonchev–Trinajstić information content (AvgIpc) is 3.21. The minimum atomic E-state index is -0.539. The van der Waals surface area contributed by atoms with Crippen LogP contribution < -0.4 is 5.32 Å². The van der Waals surface area contributed by atoms with E-state index in [1.807, 2.05) is 80.6 Å². The normalized spacial score (nSPS) is 17.1. The van der Waals surface area contributed by atoms with Crippen LogP contribution in [0.5, 0.6) is 0 Å². The predicted molar refractivity (Wildman–Crippen MR) is 147 cm³/mol. The van der Waals surface area contributed by atoms with Crippen molar-refractivity contribution in [1.82, 2.24) is 4.90 Å². The number of carbonyl (C=O) groups excluding carboxylic acids is 2. The van der Waals surface area contributed by atoms with Gasteiger partial charge in [0.15, 0.2) is 5.17 Å². The van der Waals surface area contributed by atoms with Crippen LogP contribution in [0.15, 0.2) is 82.8 Å². The quantitative estimate of drug-likeness (QED) is 0.436. The minimum Gasteiger partial charge on any atom is -0.325 e. The number of nitrogens with one attached hydrogen (secondary N) is 1. The molecule has 0 aromatic heterocycles. The van der Waals surface area contributed by atoms with E-state index in [1.54, 1.807) is 11.0 Å². The first-order valence-corrected chi connectivity index (χ1v) is 13.1. The first-order chi connectivity index (χ1) is 17.4. The van der Waals surface area contributed by atoms with Gasteiger partial charge in [0.2, 0.25) is 5.91 Å². The number of hydrogen-bond acceptors (Lipinski definition) is 5. The summed E-state index contributed by atoms with van der Waals surface area (Å²) < 4.78 is 0. The maximum absolute atomic E-state index is 13.6. The van der Waals surface area contributed by atoms with Crippen LogP contribution in [0.2, 0.25) is 5.02 Å². The van der Waals surface area contributed by atoms with Crippen molar-refractivity contribution < 1.29 is 9.59 Å². The molecule has 36 heavy (non-hydrogen) atoms. The van der Waals surface area contributed by atoms with Crippen LogP contribution in [0.1, 0.15) is 30.0 Å². The van der Waals surface area contributed by atoms with Gasteiger partial charge < -0.3 is 5.32 Å². The zero-order chi connectivity index (χ0) is 25.2. The van der Waals surface area contributed by atoms with Crippen molar-refractivity contribution in [3.63, 3.8) is 0 Å². The lowest BCUT2D eigenvalue weighted by atomic mass is 10.1. The van der Waals surface area contributed by atoms with Crippen LogP contribution in [0.4, 0.5) is 11.4 Å². The SMILES string of the molecule is CCC(SC1=Nc2ccccc2C2=NC(Cc3ccccc3)C(=O)N12)C(=O)Nc1ccc(C)c(Cl)c1. The number of para-hydroxylation sites is 1. The number of fused-ring (bicyclic) bond motifs is 3. The minimum absolute atomic E-state index is 0.129. The lowest BCUT2D eigenvalue weighted by Gasteiger charge is -2.27. The van der Waals surface area contributed by atoms with Gasteiger partial charge in [0.05, 0.1) is 10.9 Å². The van der Waals surface area contributed by atoms with E-state index < -0.39 is 11.3 Å². The van der Waals surface area contributed by atoms with Crippen molar-refractivity contribution in [3.8, 4) is 0 Å². The smallest absolute Gasteiger partial charge is 0.259 e. The molecule has 2 unspecified atom stereocenters. The van der Waals surface area contributed by atoms with E-state index in [4.69, 9.17) is 21.6 Å². The average molecular weight is 517 g/mol. The molecule has 2 aliphatic rings. The Labute approximate surface area is 219 Å². The predicted octanol–water partition coefficient (Wildman–Crippen LogP) is 6.00. The number of rotatable bonds is 6. The van der Waals surface area contributed by atoms with Crippen molar-refractivity contribution in [2.75, 3.05) is 5.32 Å². The van der Waals surface area contributed by atoms with E-state index >= 15 is 0 Å². The number of hydrogen-bond donors (Lipinski definition) is 1. The van der Waals surface area contributed by atoms with Crippen molar-refractivity contribution in [2.24, 2.45) is 9.98 Å². The number of aliphatic imine (C=N–C) groups is 2. The highest BCUT2D eigenvalue weighted by Crippen LogP contribution is 2.36. The maximum Gasteiger partial charge on any atom is 0.259 e. The van der Waals surface area contributed by atoms with Gasteiger partial charge in [-0.25, -0.2) is 9.89 Å². The highest BCUT2D eigenvalue weighted by Gasteiger charge is 2.42. The lowest BCUT2D eigenvalue weighted by Crippen LogP contribution is -2.42. The van der Waals surface area contributed by atoms with Gasteiger partial charge in [0, 0.05) is 22.7 Å². The van der Waals surface area contributed by atoms with E-state index in [0.717, 1.165) is 22.4 Å². The largest absolute Gasteiger partial charge is 0.325 e. The highest BCUT2D eigenvalue weighted by atomic mass is 35.5. The highest BCUT2D eigenvalue weighted by molar-refractivity contribution is 8.15. The van der Waals surface area contributed by atoms with Crippen LogP contribution in [0, 0.1) is 6.92 Å². The Morgan fingerprint density at radius 1 is 1.11 bits per heavy atom. The molecule has 2 heterocycles. The molecule has 0 aliphatic carbocycles. The molecule has 1 N–H and O–H groups in total. The molecule has 0 radical (unpaired) electrons. The second-order valence-corrected chi connectivity index (χ2v) is 10.3. The molecule has 3 aromatic rings. The summed E-state index contributed by atoms with van der Waals surface area (Å²) >= 11 is 7.51. The van der Waals surface area contributed by atoms with Crippen molar-refractivity contribution in [1.29, 1.82) is 0 Å². The second kappa shape index (κ2) is 10.3. The molecule has 0 saturated heterocycles. The Hall–Kier alpha value is -3.42. The summed E-state index contributed by atoms with van der Waals surface area (Å²) in [7, 11) is 0. The third kappa shape index (κ3) is 4.81. The fourth-order valence-electron chi connectivity index (χ4n) is 4.19. The molecule has 2 aliphatic heterocycles. The van der Waals surface area contributed by atoms with E-state index in [2.05, 4.69) is 5.32 Å². The fourth-order valence-corrected chi connectivity index (χ4v) is 5.39. The molecule has 0 fully saturated rings. The van der Waals surface area contributed by atoms with Crippen LogP contribution in [-0.4, -0.2) is 39.0 Å². The van der Waals surface area contributed by atoms with Gasteiger partial charge in [-0.1, -0.05) is 78.8 Å². The Bertz CT molecular complexity index is 1390. The molecule has 6 nitrogen and oxygen atoms in total. The summed E-state index contributed by atoms with van der Waals surface area (Å²) in [4.78, 5) is 37.9. The molecular weight excluding hydrogens is 492 g/mol. The van der Waals surface area contributed by atoms with Crippen molar-refractivity contribution in [2.45, 2.75) is 38.0 Å². The van der Waals surface area contributed by atoms with Gasteiger partial charge in [-0.15, -0.1) is 0 Å². The van der Waals surface area contributed by atoms with Gasteiger partial charge in [0.25, 0.3) is 5.91 Å². The Morgan fingerprint density at radius 2 is 1.86 bits per heavy atom. The van der Waals surface area contributed by atoms with Crippen LogP contribution in [-0.2, 0) is 16.0 Å². The molecular formula is C28H25ClN4O2S. The Balaban J connectivity index is 1.41. The molecule has 0 spiro atoms. The summed E-state index contributed by atoms with van der Waals surface area (Å²) in [5.74, 6) is 0.291. The van der Waals surface area contributed by atoms with Gasteiger partial charge in [-0.3, -0.25) is 14.6 Å². The molecule has 0 bridgehead atoms. The number of aryl methyl sites for hydroxylation is 1. The third-order valence-corrected chi connectivity index (χ3v) is 7.89. The zero-order valence-corrected chi connectivity index (χ0v) is 21.5. The van der Waals surface area contributed by atoms with Crippen LogP contribution >= 0.6 is 23.4 Å². The van der Waals surface area contributed by atoms with E-state index in [-0.39, 0.29) is 11.8 Å².